The van der Waals surface area contributed by atoms with Gasteiger partial charge in [-0.3, -0.25) is 10.1 Å². The van der Waals surface area contributed by atoms with E-state index < -0.39 is 0 Å². The zero-order valence-corrected chi connectivity index (χ0v) is 13.8. The maximum atomic E-state index is 12.3. The fourth-order valence-electron chi connectivity index (χ4n) is 2.16. The zero-order chi connectivity index (χ0) is 15.7. The molecule has 1 N–H and O–H groups in total. The SMILES string of the molecule is CC(C)c1ccc(C(=O)Nc2nc3c(Cl)cccc3s2)cc1. The first-order valence-electron chi connectivity index (χ1n) is 7.01. The third kappa shape index (κ3) is 2.98. The van der Waals surface area contributed by atoms with Crippen molar-refractivity contribution in [3.05, 3.63) is 58.6 Å². The second-order valence-corrected chi connectivity index (χ2v) is 6.77. The molecular weight excluding hydrogens is 316 g/mol. The summed E-state index contributed by atoms with van der Waals surface area (Å²) >= 11 is 7.52. The van der Waals surface area contributed by atoms with Crippen LogP contribution in [0.2, 0.25) is 5.02 Å². The molecular formula is C17H15ClN2OS. The molecule has 1 heterocycles. The van der Waals surface area contributed by atoms with E-state index in [1.54, 1.807) is 6.07 Å². The number of halogens is 1. The van der Waals surface area contributed by atoms with Gasteiger partial charge in [0.25, 0.3) is 5.91 Å². The van der Waals surface area contributed by atoms with Gasteiger partial charge in [-0.25, -0.2) is 4.98 Å². The number of carbonyl (C=O) groups is 1. The molecule has 0 saturated carbocycles. The number of benzene rings is 2. The first kappa shape index (κ1) is 15.0. The lowest BCUT2D eigenvalue weighted by Gasteiger charge is -2.06. The molecule has 0 spiro atoms. The van der Waals surface area contributed by atoms with Gasteiger partial charge in [0.15, 0.2) is 5.13 Å². The highest BCUT2D eigenvalue weighted by Gasteiger charge is 2.11. The van der Waals surface area contributed by atoms with E-state index in [-0.39, 0.29) is 5.91 Å². The number of thiazole rings is 1. The molecule has 0 unspecified atom stereocenters. The van der Waals surface area contributed by atoms with Crippen LogP contribution < -0.4 is 5.32 Å². The van der Waals surface area contributed by atoms with E-state index >= 15 is 0 Å². The molecule has 0 fully saturated rings. The van der Waals surface area contributed by atoms with Crippen molar-refractivity contribution in [3.63, 3.8) is 0 Å². The Labute approximate surface area is 138 Å². The molecule has 0 saturated heterocycles. The van der Waals surface area contributed by atoms with Gasteiger partial charge in [-0.1, -0.05) is 55.0 Å². The number of rotatable bonds is 3. The number of aromatic nitrogens is 1. The van der Waals surface area contributed by atoms with Gasteiger partial charge in [-0.2, -0.15) is 0 Å². The predicted molar refractivity (Wildman–Crippen MR) is 93.1 cm³/mol. The highest BCUT2D eigenvalue weighted by atomic mass is 35.5. The highest BCUT2D eigenvalue weighted by Crippen LogP contribution is 2.30. The van der Waals surface area contributed by atoms with Crippen molar-refractivity contribution in [1.82, 2.24) is 4.98 Å². The summed E-state index contributed by atoms with van der Waals surface area (Å²) < 4.78 is 0.956. The van der Waals surface area contributed by atoms with Crippen molar-refractivity contribution in [2.75, 3.05) is 5.32 Å². The number of nitrogens with zero attached hydrogens (tertiary/aromatic N) is 1. The number of fused-ring (bicyclic) bond motifs is 1. The van der Waals surface area contributed by atoms with Crippen LogP contribution in [-0.2, 0) is 0 Å². The van der Waals surface area contributed by atoms with E-state index in [4.69, 9.17) is 11.6 Å². The molecule has 1 amide bonds. The summed E-state index contributed by atoms with van der Waals surface area (Å²) in [7, 11) is 0. The molecule has 0 aliphatic heterocycles. The van der Waals surface area contributed by atoms with Crippen LogP contribution in [0.15, 0.2) is 42.5 Å². The van der Waals surface area contributed by atoms with Gasteiger partial charge < -0.3 is 0 Å². The number of amides is 1. The summed E-state index contributed by atoms with van der Waals surface area (Å²) in [6, 6.07) is 13.2. The smallest absolute Gasteiger partial charge is 0.257 e. The molecule has 5 heteroatoms. The largest absolute Gasteiger partial charge is 0.298 e. The fourth-order valence-corrected chi connectivity index (χ4v) is 3.32. The molecule has 22 heavy (non-hydrogen) atoms. The molecule has 0 radical (unpaired) electrons. The maximum Gasteiger partial charge on any atom is 0.257 e. The lowest BCUT2D eigenvalue weighted by Crippen LogP contribution is -2.11. The topological polar surface area (TPSA) is 42.0 Å². The van der Waals surface area contributed by atoms with Gasteiger partial charge in [-0.05, 0) is 35.7 Å². The number of hydrogen-bond donors (Lipinski definition) is 1. The lowest BCUT2D eigenvalue weighted by atomic mass is 10.0. The van der Waals surface area contributed by atoms with Crippen LogP contribution in [0.1, 0.15) is 35.7 Å². The fraction of sp³-hybridized carbons (Fsp3) is 0.176. The molecule has 1 aromatic heterocycles. The summed E-state index contributed by atoms with van der Waals surface area (Å²) in [5.74, 6) is 0.286. The Morgan fingerprint density at radius 1 is 1.18 bits per heavy atom. The van der Waals surface area contributed by atoms with Crippen LogP contribution in [0.3, 0.4) is 0 Å². The van der Waals surface area contributed by atoms with Crippen molar-refractivity contribution >= 4 is 44.2 Å². The third-order valence-electron chi connectivity index (χ3n) is 3.43. The Bertz CT molecular complexity index is 824. The van der Waals surface area contributed by atoms with Gasteiger partial charge in [0.2, 0.25) is 0 Å². The Morgan fingerprint density at radius 2 is 1.91 bits per heavy atom. The number of nitrogens with one attached hydrogen (secondary N) is 1. The molecule has 2 aromatic carbocycles. The standard InChI is InChI=1S/C17H15ClN2OS/c1-10(2)11-6-8-12(9-7-11)16(21)20-17-19-15-13(18)4-3-5-14(15)22-17/h3-10H,1-2H3,(H,19,20,21). The van der Waals surface area contributed by atoms with E-state index in [0.29, 0.717) is 21.6 Å². The molecule has 3 nitrogen and oxygen atoms in total. The Hall–Kier alpha value is -1.91. The quantitative estimate of drug-likeness (QED) is 0.705. The summed E-state index contributed by atoms with van der Waals surface area (Å²) in [5, 5.41) is 3.98. The third-order valence-corrected chi connectivity index (χ3v) is 4.67. The van der Waals surface area contributed by atoms with E-state index in [0.717, 1.165) is 10.2 Å². The molecule has 112 valence electrons. The molecule has 0 aliphatic carbocycles. The van der Waals surface area contributed by atoms with E-state index in [1.165, 1.54) is 16.9 Å². The molecule has 0 atom stereocenters. The minimum absolute atomic E-state index is 0.162. The van der Waals surface area contributed by atoms with Crippen LogP contribution in [0.4, 0.5) is 5.13 Å². The van der Waals surface area contributed by atoms with Crippen LogP contribution in [0, 0.1) is 0 Å². The van der Waals surface area contributed by atoms with Gasteiger partial charge in [0.1, 0.15) is 5.52 Å². The van der Waals surface area contributed by atoms with E-state index in [9.17, 15) is 4.79 Å². The lowest BCUT2D eigenvalue weighted by molar-refractivity contribution is 0.102. The Morgan fingerprint density at radius 3 is 2.55 bits per heavy atom. The number of para-hydroxylation sites is 1. The number of carbonyl (C=O) groups excluding carboxylic acids is 1. The second-order valence-electron chi connectivity index (χ2n) is 5.34. The van der Waals surface area contributed by atoms with Crippen molar-refractivity contribution < 1.29 is 4.79 Å². The summed E-state index contributed by atoms with van der Waals surface area (Å²) in [5.41, 5.74) is 2.55. The van der Waals surface area contributed by atoms with Crippen LogP contribution >= 0.6 is 22.9 Å². The van der Waals surface area contributed by atoms with Crippen LogP contribution in [-0.4, -0.2) is 10.9 Å². The first-order valence-corrected chi connectivity index (χ1v) is 8.20. The molecule has 3 aromatic rings. The molecule has 0 bridgehead atoms. The first-order chi connectivity index (χ1) is 10.5. The van der Waals surface area contributed by atoms with Gasteiger partial charge in [-0.15, -0.1) is 0 Å². The minimum atomic E-state index is -0.162. The van der Waals surface area contributed by atoms with Crippen LogP contribution in [0.5, 0.6) is 0 Å². The van der Waals surface area contributed by atoms with Crippen molar-refractivity contribution in [2.24, 2.45) is 0 Å². The monoisotopic (exact) mass is 330 g/mol. The van der Waals surface area contributed by atoms with Gasteiger partial charge in [0, 0.05) is 5.56 Å². The summed E-state index contributed by atoms with van der Waals surface area (Å²) in [6.45, 7) is 4.25. The van der Waals surface area contributed by atoms with Crippen molar-refractivity contribution in [1.29, 1.82) is 0 Å². The molecule has 3 rings (SSSR count). The van der Waals surface area contributed by atoms with E-state index in [2.05, 4.69) is 24.1 Å². The highest BCUT2D eigenvalue weighted by molar-refractivity contribution is 7.22. The van der Waals surface area contributed by atoms with Crippen molar-refractivity contribution in [2.45, 2.75) is 19.8 Å². The maximum absolute atomic E-state index is 12.3. The van der Waals surface area contributed by atoms with Gasteiger partial charge in [0.05, 0.1) is 9.72 Å². The zero-order valence-electron chi connectivity index (χ0n) is 12.3. The molecule has 0 aliphatic rings. The average molecular weight is 331 g/mol. The van der Waals surface area contributed by atoms with E-state index in [1.807, 2.05) is 36.4 Å². The normalized spacial score (nSPS) is 11.1. The summed E-state index contributed by atoms with van der Waals surface area (Å²) in [4.78, 5) is 16.7. The minimum Gasteiger partial charge on any atom is -0.298 e. The summed E-state index contributed by atoms with van der Waals surface area (Å²) in [6.07, 6.45) is 0. The number of anilines is 1. The number of hydrogen-bond acceptors (Lipinski definition) is 3. The predicted octanol–water partition coefficient (Wildman–Crippen LogP) is 5.33. The van der Waals surface area contributed by atoms with Crippen LogP contribution in [0.25, 0.3) is 10.2 Å². The Balaban J connectivity index is 1.82. The second kappa shape index (κ2) is 6.07. The Kier molecular flexibility index (Phi) is 4.14. The van der Waals surface area contributed by atoms with Crippen molar-refractivity contribution in [3.8, 4) is 0 Å². The average Bonchev–Trinajstić information content (AvgIpc) is 2.91. The van der Waals surface area contributed by atoms with Gasteiger partial charge >= 0.3 is 0 Å².